The molecule has 172 valence electrons. The Morgan fingerprint density at radius 1 is 1.16 bits per heavy atom. The number of aliphatic imine (C=N–C) groups is 1. The zero-order chi connectivity index (χ0) is 20.4. The summed E-state index contributed by atoms with van der Waals surface area (Å²) in [6, 6.07) is 8.48. The molecule has 9 heteroatoms. The predicted octanol–water partition coefficient (Wildman–Crippen LogP) is 1.63. The van der Waals surface area contributed by atoms with Crippen molar-refractivity contribution >= 4 is 42.6 Å². The quantitative estimate of drug-likeness (QED) is 0.702. The average molecular weight is 470 g/mol. The van der Waals surface area contributed by atoms with E-state index < -0.39 is 5.54 Å². The number of nitrogens with zero attached hydrogens (tertiary/aromatic N) is 3. The fourth-order valence-electron chi connectivity index (χ4n) is 4.48. The molecule has 4 rings (SSSR count). The highest BCUT2D eigenvalue weighted by atomic mass is 35.5. The van der Waals surface area contributed by atoms with Gasteiger partial charge in [0.15, 0.2) is 0 Å². The lowest BCUT2D eigenvalue weighted by Crippen LogP contribution is -2.51. The first kappa shape index (κ1) is 25.4. The second kappa shape index (κ2) is 10.7. The molecule has 1 unspecified atom stereocenters. The predicted molar refractivity (Wildman–Crippen MR) is 127 cm³/mol. The van der Waals surface area contributed by atoms with E-state index in [2.05, 4.69) is 39.9 Å². The van der Waals surface area contributed by atoms with E-state index in [1.54, 1.807) is 0 Å². The monoisotopic (exact) mass is 469 g/mol. The van der Waals surface area contributed by atoms with Crippen LogP contribution in [0.4, 0.5) is 0 Å². The Morgan fingerprint density at radius 3 is 2.35 bits per heavy atom. The minimum atomic E-state index is -0.701. The zero-order valence-corrected chi connectivity index (χ0v) is 19.9. The van der Waals surface area contributed by atoms with Gasteiger partial charge in [0, 0.05) is 27.2 Å². The van der Waals surface area contributed by atoms with Crippen LogP contribution in [0.3, 0.4) is 0 Å². The van der Waals surface area contributed by atoms with Crippen LogP contribution in [-0.2, 0) is 22.4 Å². The van der Waals surface area contributed by atoms with Gasteiger partial charge in [-0.05, 0) is 55.8 Å². The summed E-state index contributed by atoms with van der Waals surface area (Å²) in [5.41, 5.74) is 1.69. The van der Waals surface area contributed by atoms with Crippen LogP contribution in [0.15, 0.2) is 29.3 Å². The Labute approximate surface area is 196 Å². The van der Waals surface area contributed by atoms with Gasteiger partial charge in [-0.25, -0.2) is 4.99 Å². The number of hydrogen-bond acceptors (Lipinski definition) is 5. The van der Waals surface area contributed by atoms with Gasteiger partial charge in [-0.3, -0.25) is 14.9 Å². The standard InChI is InChI=1S/C22H31N5O2.2ClH/c1-26(2)21-24-20(29)22(25-21)8-11-27(12-9-22)19(28)14-17-5-3-16(4-6-17)13-18-7-10-23-15-18;;/h3-6,18,23H,7-15H2,1-2H3,(H,24,25,29);2*1H. The molecule has 1 aromatic rings. The molecule has 2 fully saturated rings. The summed E-state index contributed by atoms with van der Waals surface area (Å²) in [7, 11) is 3.74. The third kappa shape index (κ3) is 5.70. The van der Waals surface area contributed by atoms with Crippen LogP contribution >= 0.6 is 24.8 Å². The van der Waals surface area contributed by atoms with Crippen molar-refractivity contribution in [1.29, 1.82) is 0 Å². The molecule has 0 aromatic heterocycles. The van der Waals surface area contributed by atoms with Crippen LogP contribution in [0.1, 0.15) is 30.4 Å². The van der Waals surface area contributed by atoms with Crippen molar-refractivity contribution in [2.75, 3.05) is 40.3 Å². The highest BCUT2D eigenvalue weighted by Gasteiger charge is 2.46. The molecule has 3 aliphatic rings. The molecule has 2 saturated heterocycles. The number of rotatable bonds is 4. The number of likely N-dealkylation sites (tertiary alicyclic amines) is 1. The van der Waals surface area contributed by atoms with Gasteiger partial charge < -0.3 is 15.1 Å². The van der Waals surface area contributed by atoms with E-state index in [1.807, 2.05) is 23.9 Å². The number of hydrogen-bond donors (Lipinski definition) is 2. The van der Waals surface area contributed by atoms with Crippen molar-refractivity contribution in [1.82, 2.24) is 20.4 Å². The molecule has 1 spiro atoms. The van der Waals surface area contributed by atoms with Crippen LogP contribution in [0.2, 0.25) is 0 Å². The van der Waals surface area contributed by atoms with E-state index in [0.29, 0.717) is 38.3 Å². The number of carbonyl (C=O) groups is 2. The van der Waals surface area contributed by atoms with Crippen molar-refractivity contribution in [3.05, 3.63) is 35.4 Å². The Morgan fingerprint density at radius 2 is 1.81 bits per heavy atom. The first-order valence-electron chi connectivity index (χ1n) is 10.6. The number of piperidine rings is 1. The summed E-state index contributed by atoms with van der Waals surface area (Å²) in [5.74, 6) is 1.43. The number of amides is 2. The van der Waals surface area contributed by atoms with E-state index in [0.717, 1.165) is 31.0 Å². The normalized spacial score (nSPS) is 21.7. The van der Waals surface area contributed by atoms with Crippen molar-refractivity contribution in [3.8, 4) is 0 Å². The number of carbonyl (C=O) groups excluding carboxylic acids is 2. The van der Waals surface area contributed by atoms with Crippen LogP contribution < -0.4 is 10.6 Å². The molecule has 1 atom stereocenters. The summed E-state index contributed by atoms with van der Waals surface area (Å²) in [5, 5.41) is 6.27. The van der Waals surface area contributed by atoms with E-state index in [4.69, 9.17) is 0 Å². The molecule has 0 radical (unpaired) electrons. The summed E-state index contributed by atoms with van der Waals surface area (Å²) < 4.78 is 0. The summed E-state index contributed by atoms with van der Waals surface area (Å²) >= 11 is 0. The molecule has 3 heterocycles. The molecule has 2 amide bonds. The number of benzene rings is 1. The highest BCUT2D eigenvalue weighted by Crippen LogP contribution is 2.30. The maximum Gasteiger partial charge on any atom is 0.254 e. The minimum absolute atomic E-state index is 0. The Hall–Kier alpha value is -1.83. The molecule has 0 aliphatic carbocycles. The first-order valence-corrected chi connectivity index (χ1v) is 10.6. The van der Waals surface area contributed by atoms with E-state index >= 15 is 0 Å². The summed E-state index contributed by atoms with van der Waals surface area (Å²) in [6.07, 6.45) is 3.92. The van der Waals surface area contributed by atoms with Crippen molar-refractivity contribution in [3.63, 3.8) is 0 Å². The molecule has 1 aromatic carbocycles. The third-order valence-electron chi connectivity index (χ3n) is 6.40. The Bertz CT molecular complexity index is 799. The maximum atomic E-state index is 12.8. The Kier molecular flexibility index (Phi) is 8.74. The molecule has 3 aliphatic heterocycles. The van der Waals surface area contributed by atoms with Gasteiger partial charge in [0.2, 0.25) is 11.9 Å². The molecule has 0 bridgehead atoms. The SMILES string of the molecule is CN(C)C1=NC2(CCN(C(=O)Cc3ccc(CC4CCNC4)cc3)CC2)C(=O)N1.Cl.Cl. The molecule has 0 saturated carbocycles. The van der Waals surface area contributed by atoms with Crippen molar-refractivity contribution in [2.45, 2.75) is 37.6 Å². The topological polar surface area (TPSA) is 77.0 Å². The molecule has 31 heavy (non-hydrogen) atoms. The van der Waals surface area contributed by atoms with Gasteiger partial charge in [-0.2, -0.15) is 0 Å². The number of nitrogens with one attached hydrogen (secondary N) is 2. The summed E-state index contributed by atoms with van der Waals surface area (Å²) in [6.45, 7) is 3.37. The summed E-state index contributed by atoms with van der Waals surface area (Å²) in [4.78, 5) is 33.5. The third-order valence-corrected chi connectivity index (χ3v) is 6.40. The van der Waals surface area contributed by atoms with Crippen molar-refractivity contribution < 1.29 is 9.59 Å². The molecule has 7 nitrogen and oxygen atoms in total. The van der Waals surface area contributed by atoms with E-state index in [9.17, 15) is 9.59 Å². The van der Waals surface area contributed by atoms with Crippen LogP contribution in [0, 0.1) is 5.92 Å². The van der Waals surface area contributed by atoms with Gasteiger partial charge in [-0.1, -0.05) is 24.3 Å². The lowest BCUT2D eigenvalue weighted by molar-refractivity contribution is -0.135. The van der Waals surface area contributed by atoms with Gasteiger partial charge in [0.25, 0.3) is 5.91 Å². The second-order valence-electron chi connectivity index (χ2n) is 8.75. The lowest BCUT2D eigenvalue weighted by Gasteiger charge is -2.35. The van der Waals surface area contributed by atoms with Crippen LogP contribution in [0.5, 0.6) is 0 Å². The van der Waals surface area contributed by atoms with Crippen molar-refractivity contribution in [2.24, 2.45) is 10.9 Å². The molecule has 2 N–H and O–H groups in total. The zero-order valence-electron chi connectivity index (χ0n) is 18.2. The molecular weight excluding hydrogens is 437 g/mol. The first-order chi connectivity index (χ1) is 13.9. The largest absolute Gasteiger partial charge is 0.349 e. The van der Waals surface area contributed by atoms with Crippen LogP contribution in [0.25, 0.3) is 0 Å². The number of halogens is 2. The van der Waals surface area contributed by atoms with E-state index in [-0.39, 0.29) is 36.6 Å². The fourth-order valence-corrected chi connectivity index (χ4v) is 4.48. The molecular formula is C22H33Cl2N5O2. The smallest absolute Gasteiger partial charge is 0.254 e. The Balaban J connectivity index is 0.00000171. The van der Waals surface area contributed by atoms with Crippen LogP contribution in [-0.4, -0.2) is 73.4 Å². The highest BCUT2D eigenvalue weighted by molar-refractivity contribution is 6.07. The minimum Gasteiger partial charge on any atom is -0.349 e. The average Bonchev–Trinajstić information content (AvgIpc) is 3.33. The van der Waals surface area contributed by atoms with Gasteiger partial charge >= 0.3 is 0 Å². The maximum absolute atomic E-state index is 12.8. The lowest BCUT2D eigenvalue weighted by atomic mass is 9.88. The van der Waals surface area contributed by atoms with Gasteiger partial charge in [-0.15, -0.1) is 24.8 Å². The number of guanidine groups is 1. The second-order valence-corrected chi connectivity index (χ2v) is 8.75. The van der Waals surface area contributed by atoms with Gasteiger partial charge in [0.1, 0.15) is 5.54 Å². The van der Waals surface area contributed by atoms with Gasteiger partial charge in [0.05, 0.1) is 6.42 Å². The fraction of sp³-hybridized carbons (Fsp3) is 0.591. The van der Waals surface area contributed by atoms with E-state index in [1.165, 1.54) is 12.0 Å².